The van der Waals surface area contributed by atoms with Crippen LogP contribution in [0.4, 0.5) is 0 Å². The van der Waals surface area contributed by atoms with Crippen molar-refractivity contribution in [2.24, 2.45) is 5.41 Å². The van der Waals surface area contributed by atoms with Gasteiger partial charge in [-0.25, -0.2) is 0 Å². The Morgan fingerprint density at radius 1 is 1.40 bits per heavy atom. The largest absolute Gasteiger partial charge is 0.481 e. The van der Waals surface area contributed by atoms with Gasteiger partial charge in [-0.3, -0.25) is 9.59 Å². The van der Waals surface area contributed by atoms with Gasteiger partial charge in [0.25, 0.3) is 5.91 Å². The number of carbonyl (C=O) groups excluding carboxylic acids is 1. The van der Waals surface area contributed by atoms with Crippen molar-refractivity contribution in [3.8, 4) is 0 Å². The van der Waals surface area contributed by atoms with E-state index >= 15 is 0 Å². The molecule has 20 heavy (non-hydrogen) atoms. The van der Waals surface area contributed by atoms with Gasteiger partial charge in [0.05, 0.1) is 18.2 Å². The van der Waals surface area contributed by atoms with Crippen LogP contribution in [0.25, 0.3) is 0 Å². The van der Waals surface area contributed by atoms with Crippen LogP contribution in [0.1, 0.15) is 56.7 Å². The highest BCUT2D eigenvalue weighted by atomic mass is 16.4. The smallest absolute Gasteiger partial charge is 0.305 e. The summed E-state index contributed by atoms with van der Waals surface area (Å²) in [5, 5.41) is 11.8. The number of nitrogens with one attached hydrogen (secondary N) is 1. The molecule has 5 nitrogen and oxygen atoms in total. The van der Waals surface area contributed by atoms with Gasteiger partial charge in [0.15, 0.2) is 0 Å². The fraction of sp³-hybridized carbons (Fsp3) is 0.600. The fourth-order valence-corrected chi connectivity index (χ4v) is 2.20. The molecule has 1 rings (SSSR count). The van der Waals surface area contributed by atoms with Crippen LogP contribution in [-0.2, 0) is 11.2 Å². The molecule has 1 aromatic heterocycles. The molecule has 1 aromatic rings. The maximum atomic E-state index is 12.2. The van der Waals surface area contributed by atoms with E-state index in [-0.39, 0.29) is 23.8 Å². The monoisotopic (exact) mass is 281 g/mol. The number of hydrogen-bond acceptors (Lipinski definition) is 3. The number of aryl methyl sites for hydroxylation is 1. The minimum Gasteiger partial charge on any atom is -0.481 e. The standard InChI is InChI=1S/C15H23NO4/c1-5-12-11(6-7-20-12)14(19)16-10(8-13(17)18)9-15(2,3)4/h6-7,10H,5,8-9H2,1-4H3,(H,16,19)(H,17,18). The molecule has 0 saturated carbocycles. The topological polar surface area (TPSA) is 79.5 Å². The van der Waals surface area contributed by atoms with Gasteiger partial charge in [-0.1, -0.05) is 27.7 Å². The molecule has 112 valence electrons. The van der Waals surface area contributed by atoms with Crippen molar-refractivity contribution in [3.05, 3.63) is 23.7 Å². The third-order valence-corrected chi connectivity index (χ3v) is 2.93. The number of carboxylic acids is 1. The van der Waals surface area contributed by atoms with Crippen LogP contribution in [0.3, 0.4) is 0 Å². The second-order valence-electron chi connectivity index (χ2n) is 6.14. The zero-order valence-corrected chi connectivity index (χ0v) is 12.5. The molecule has 0 aliphatic heterocycles. The number of aliphatic carboxylic acids is 1. The molecule has 2 N–H and O–H groups in total. The lowest BCUT2D eigenvalue weighted by molar-refractivity contribution is -0.137. The first-order valence-corrected chi connectivity index (χ1v) is 6.82. The number of carboxylic acid groups (broad SMARTS) is 1. The maximum Gasteiger partial charge on any atom is 0.305 e. The molecular formula is C15H23NO4. The molecule has 1 unspecified atom stereocenters. The van der Waals surface area contributed by atoms with Gasteiger partial charge in [0, 0.05) is 12.5 Å². The molecule has 0 bridgehead atoms. The van der Waals surface area contributed by atoms with Crippen LogP contribution in [0, 0.1) is 5.41 Å². The van der Waals surface area contributed by atoms with Crippen molar-refractivity contribution in [3.63, 3.8) is 0 Å². The predicted octanol–water partition coefficient (Wildman–Crippen LogP) is 2.85. The van der Waals surface area contributed by atoms with E-state index in [1.807, 2.05) is 27.7 Å². The summed E-state index contributed by atoms with van der Waals surface area (Å²) in [5.41, 5.74) is 0.425. The molecule has 0 fully saturated rings. The molecule has 0 aliphatic rings. The Kier molecular flexibility index (Phi) is 5.36. The Hall–Kier alpha value is -1.78. The van der Waals surface area contributed by atoms with Crippen LogP contribution in [0.15, 0.2) is 16.7 Å². The summed E-state index contributed by atoms with van der Waals surface area (Å²) >= 11 is 0. The fourth-order valence-electron chi connectivity index (χ4n) is 2.20. The average Bonchev–Trinajstić information content (AvgIpc) is 2.73. The lowest BCUT2D eigenvalue weighted by atomic mass is 9.87. The van der Waals surface area contributed by atoms with Crippen LogP contribution in [0.2, 0.25) is 0 Å². The summed E-state index contributed by atoms with van der Waals surface area (Å²) in [4.78, 5) is 23.1. The molecule has 0 aliphatic carbocycles. The number of amides is 1. The Morgan fingerprint density at radius 3 is 2.55 bits per heavy atom. The summed E-state index contributed by atoms with van der Waals surface area (Å²) in [7, 11) is 0. The summed E-state index contributed by atoms with van der Waals surface area (Å²) in [6.07, 6.45) is 2.62. The van der Waals surface area contributed by atoms with E-state index < -0.39 is 5.97 Å². The first kappa shape index (κ1) is 16.3. The van der Waals surface area contributed by atoms with E-state index in [2.05, 4.69) is 5.32 Å². The Morgan fingerprint density at radius 2 is 2.05 bits per heavy atom. The van der Waals surface area contributed by atoms with Crippen molar-refractivity contribution in [1.29, 1.82) is 0 Å². The van der Waals surface area contributed by atoms with Crippen LogP contribution >= 0.6 is 0 Å². The number of furan rings is 1. The summed E-state index contributed by atoms with van der Waals surface area (Å²) in [6, 6.07) is 1.22. The summed E-state index contributed by atoms with van der Waals surface area (Å²) in [5.74, 6) is -0.569. The highest BCUT2D eigenvalue weighted by Gasteiger charge is 2.24. The lowest BCUT2D eigenvalue weighted by Gasteiger charge is -2.25. The van der Waals surface area contributed by atoms with Gasteiger partial charge in [0.1, 0.15) is 5.76 Å². The van der Waals surface area contributed by atoms with Crippen molar-refractivity contribution in [2.45, 2.75) is 53.0 Å². The SMILES string of the molecule is CCc1occc1C(=O)NC(CC(=O)O)CC(C)(C)C. The van der Waals surface area contributed by atoms with Crippen molar-refractivity contribution in [2.75, 3.05) is 0 Å². The highest BCUT2D eigenvalue weighted by molar-refractivity contribution is 5.95. The Balaban J connectivity index is 2.78. The van der Waals surface area contributed by atoms with E-state index in [0.717, 1.165) is 0 Å². The van der Waals surface area contributed by atoms with Crippen molar-refractivity contribution < 1.29 is 19.1 Å². The summed E-state index contributed by atoms with van der Waals surface area (Å²) in [6.45, 7) is 7.95. The molecular weight excluding hydrogens is 258 g/mol. The van der Waals surface area contributed by atoms with E-state index in [1.165, 1.54) is 6.26 Å². The van der Waals surface area contributed by atoms with Gasteiger partial charge in [-0.15, -0.1) is 0 Å². The van der Waals surface area contributed by atoms with Crippen molar-refractivity contribution in [1.82, 2.24) is 5.32 Å². The van der Waals surface area contributed by atoms with E-state index in [1.54, 1.807) is 6.07 Å². The van der Waals surface area contributed by atoms with Gasteiger partial charge in [0.2, 0.25) is 0 Å². The number of hydrogen-bond donors (Lipinski definition) is 2. The first-order chi connectivity index (χ1) is 9.23. The van der Waals surface area contributed by atoms with E-state index in [0.29, 0.717) is 24.2 Å². The van der Waals surface area contributed by atoms with Crippen molar-refractivity contribution >= 4 is 11.9 Å². The molecule has 5 heteroatoms. The van der Waals surface area contributed by atoms with E-state index in [4.69, 9.17) is 9.52 Å². The number of carbonyl (C=O) groups is 2. The molecule has 0 saturated heterocycles. The van der Waals surface area contributed by atoms with Gasteiger partial charge in [-0.05, 0) is 17.9 Å². The highest BCUT2D eigenvalue weighted by Crippen LogP contribution is 2.22. The third-order valence-electron chi connectivity index (χ3n) is 2.93. The average molecular weight is 281 g/mol. The third kappa shape index (κ3) is 5.07. The van der Waals surface area contributed by atoms with E-state index in [9.17, 15) is 9.59 Å². The van der Waals surface area contributed by atoms with Gasteiger partial charge in [-0.2, -0.15) is 0 Å². The van der Waals surface area contributed by atoms with Gasteiger partial charge >= 0.3 is 5.97 Å². The van der Waals surface area contributed by atoms with Gasteiger partial charge < -0.3 is 14.8 Å². The minimum atomic E-state index is -0.914. The quantitative estimate of drug-likeness (QED) is 0.840. The first-order valence-electron chi connectivity index (χ1n) is 6.82. The molecule has 1 amide bonds. The molecule has 1 heterocycles. The maximum absolute atomic E-state index is 12.2. The second kappa shape index (κ2) is 6.59. The minimum absolute atomic E-state index is 0.0582. The normalized spacial score (nSPS) is 13.0. The van der Waals surface area contributed by atoms with Crippen LogP contribution in [-0.4, -0.2) is 23.0 Å². The number of rotatable bonds is 6. The molecule has 0 spiro atoms. The van der Waals surface area contributed by atoms with Crippen LogP contribution in [0.5, 0.6) is 0 Å². The zero-order chi connectivity index (χ0) is 15.3. The summed E-state index contributed by atoms with van der Waals surface area (Å²) < 4.78 is 5.22. The molecule has 0 radical (unpaired) electrons. The zero-order valence-electron chi connectivity index (χ0n) is 12.5. The Bertz CT molecular complexity index is 470. The predicted molar refractivity (Wildman–Crippen MR) is 75.7 cm³/mol. The molecule has 0 aromatic carbocycles. The second-order valence-corrected chi connectivity index (χ2v) is 6.14. The van der Waals surface area contributed by atoms with Crippen LogP contribution < -0.4 is 5.32 Å². The molecule has 1 atom stereocenters. The Labute approximate surface area is 119 Å². The lowest BCUT2D eigenvalue weighted by Crippen LogP contribution is -2.39.